The largest absolute Gasteiger partial charge is 0.399 e. The third kappa shape index (κ3) is 2.14. The van der Waals surface area contributed by atoms with Crippen molar-refractivity contribution in [3.8, 4) is 11.1 Å². The molecule has 0 bridgehead atoms. The number of halogens is 3. The van der Waals surface area contributed by atoms with Crippen molar-refractivity contribution < 1.29 is 8.78 Å². The lowest BCUT2D eigenvalue weighted by Gasteiger charge is -2.04. The van der Waals surface area contributed by atoms with Gasteiger partial charge in [0.15, 0.2) is 11.6 Å². The molecule has 0 heterocycles. The first kappa shape index (κ1) is 10.9. The Bertz CT molecular complexity index is 520. The van der Waals surface area contributed by atoms with E-state index in [9.17, 15) is 8.78 Å². The molecular weight excluding hydrogens is 232 g/mol. The number of rotatable bonds is 1. The van der Waals surface area contributed by atoms with E-state index in [0.29, 0.717) is 21.8 Å². The predicted octanol–water partition coefficient (Wildman–Crippen LogP) is 3.87. The lowest BCUT2D eigenvalue weighted by molar-refractivity contribution is 0.509. The van der Waals surface area contributed by atoms with Crippen molar-refractivity contribution in [2.75, 3.05) is 5.73 Å². The van der Waals surface area contributed by atoms with E-state index in [-0.39, 0.29) is 0 Å². The van der Waals surface area contributed by atoms with Crippen LogP contribution in [0.2, 0.25) is 5.02 Å². The molecule has 4 heteroatoms. The second-order valence-electron chi connectivity index (χ2n) is 3.40. The fourth-order valence-electron chi connectivity index (χ4n) is 1.45. The lowest BCUT2D eigenvalue weighted by Crippen LogP contribution is -1.88. The molecule has 2 aromatic carbocycles. The first-order valence-electron chi connectivity index (χ1n) is 4.58. The second kappa shape index (κ2) is 4.10. The average molecular weight is 240 g/mol. The monoisotopic (exact) mass is 239 g/mol. The van der Waals surface area contributed by atoms with Crippen LogP contribution in [0.4, 0.5) is 14.5 Å². The van der Waals surface area contributed by atoms with E-state index in [4.69, 9.17) is 17.3 Å². The van der Waals surface area contributed by atoms with Crippen molar-refractivity contribution in [1.29, 1.82) is 0 Å². The zero-order chi connectivity index (χ0) is 11.7. The van der Waals surface area contributed by atoms with Gasteiger partial charge in [-0.2, -0.15) is 0 Å². The maximum absolute atomic E-state index is 13.0. The van der Waals surface area contributed by atoms with Gasteiger partial charge in [0.2, 0.25) is 0 Å². The zero-order valence-corrected chi connectivity index (χ0v) is 8.93. The lowest BCUT2D eigenvalue weighted by atomic mass is 10.0. The fourth-order valence-corrected chi connectivity index (χ4v) is 1.70. The molecule has 1 nitrogen and oxygen atoms in total. The summed E-state index contributed by atoms with van der Waals surface area (Å²) in [6.45, 7) is 0. The molecule has 0 aliphatic carbocycles. The molecule has 0 saturated heterocycles. The number of hydrogen-bond donors (Lipinski definition) is 1. The Morgan fingerprint density at radius 1 is 0.875 bits per heavy atom. The molecular formula is C12H8ClF2N. The summed E-state index contributed by atoms with van der Waals surface area (Å²) in [4.78, 5) is 0. The van der Waals surface area contributed by atoms with Crippen molar-refractivity contribution in [1.82, 2.24) is 0 Å². The quantitative estimate of drug-likeness (QED) is 0.751. The molecule has 0 aliphatic rings. The molecule has 0 fully saturated rings. The summed E-state index contributed by atoms with van der Waals surface area (Å²) in [6.07, 6.45) is 0. The molecule has 82 valence electrons. The number of anilines is 1. The van der Waals surface area contributed by atoms with Crippen molar-refractivity contribution >= 4 is 17.3 Å². The maximum atomic E-state index is 13.0. The van der Waals surface area contributed by atoms with E-state index in [1.165, 1.54) is 6.07 Å². The van der Waals surface area contributed by atoms with Crippen molar-refractivity contribution in [2.45, 2.75) is 0 Å². The van der Waals surface area contributed by atoms with Gasteiger partial charge in [-0.05, 0) is 41.5 Å². The molecule has 0 aliphatic heterocycles. The van der Waals surface area contributed by atoms with Gasteiger partial charge in [-0.3, -0.25) is 0 Å². The van der Waals surface area contributed by atoms with Crippen molar-refractivity contribution in [3.63, 3.8) is 0 Å². The summed E-state index contributed by atoms with van der Waals surface area (Å²) < 4.78 is 25.8. The predicted molar refractivity (Wildman–Crippen MR) is 61.2 cm³/mol. The number of hydrogen-bond acceptors (Lipinski definition) is 1. The molecule has 0 aromatic heterocycles. The van der Waals surface area contributed by atoms with Gasteiger partial charge >= 0.3 is 0 Å². The molecule has 0 amide bonds. The van der Waals surface area contributed by atoms with Crippen LogP contribution >= 0.6 is 11.6 Å². The van der Waals surface area contributed by atoms with E-state index >= 15 is 0 Å². The molecule has 2 rings (SSSR count). The first-order chi connectivity index (χ1) is 7.56. The third-order valence-corrected chi connectivity index (χ3v) is 2.39. The summed E-state index contributed by atoms with van der Waals surface area (Å²) in [7, 11) is 0. The van der Waals surface area contributed by atoms with Gasteiger partial charge in [0.05, 0.1) is 0 Å². The van der Waals surface area contributed by atoms with Gasteiger partial charge < -0.3 is 5.73 Å². The smallest absolute Gasteiger partial charge is 0.159 e. The van der Waals surface area contributed by atoms with E-state index in [2.05, 4.69) is 0 Å². The van der Waals surface area contributed by atoms with Gasteiger partial charge in [0, 0.05) is 10.7 Å². The minimum absolute atomic E-state index is 0.458. The van der Waals surface area contributed by atoms with Gasteiger partial charge in [0.25, 0.3) is 0 Å². The molecule has 0 unspecified atom stereocenters. The Kier molecular flexibility index (Phi) is 2.79. The Balaban J connectivity index is 2.54. The normalized spacial score (nSPS) is 10.4. The van der Waals surface area contributed by atoms with Crippen molar-refractivity contribution in [3.05, 3.63) is 53.1 Å². The molecule has 0 atom stereocenters. The Hall–Kier alpha value is -1.61. The van der Waals surface area contributed by atoms with Crippen molar-refractivity contribution in [2.24, 2.45) is 0 Å². The topological polar surface area (TPSA) is 26.0 Å². The van der Waals surface area contributed by atoms with Gasteiger partial charge in [-0.1, -0.05) is 17.7 Å². The maximum Gasteiger partial charge on any atom is 0.159 e. The number of benzene rings is 2. The molecule has 2 aromatic rings. The Morgan fingerprint density at radius 3 is 2.25 bits per heavy atom. The van der Waals surface area contributed by atoms with Crippen LogP contribution in [0, 0.1) is 11.6 Å². The highest BCUT2D eigenvalue weighted by molar-refractivity contribution is 6.31. The van der Waals surface area contributed by atoms with E-state index in [1.807, 2.05) is 0 Å². The summed E-state index contributed by atoms with van der Waals surface area (Å²) in [5.41, 5.74) is 7.28. The van der Waals surface area contributed by atoms with Crippen LogP contribution in [0.1, 0.15) is 0 Å². The average Bonchev–Trinajstić information content (AvgIpc) is 2.20. The van der Waals surface area contributed by atoms with Crippen LogP contribution in [-0.4, -0.2) is 0 Å². The van der Waals surface area contributed by atoms with Gasteiger partial charge in [-0.25, -0.2) is 8.78 Å². The summed E-state index contributed by atoms with van der Waals surface area (Å²) >= 11 is 5.82. The summed E-state index contributed by atoms with van der Waals surface area (Å²) in [6, 6.07) is 8.54. The van der Waals surface area contributed by atoms with E-state index < -0.39 is 11.6 Å². The minimum atomic E-state index is -0.893. The van der Waals surface area contributed by atoms with Gasteiger partial charge in [0.1, 0.15) is 0 Å². The summed E-state index contributed by atoms with van der Waals surface area (Å²) in [5.74, 6) is -1.77. The highest BCUT2D eigenvalue weighted by Crippen LogP contribution is 2.26. The second-order valence-corrected chi connectivity index (χ2v) is 3.84. The van der Waals surface area contributed by atoms with Crippen LogP contribution in [0.3, 0.4) is 0 Å². The molecule has 0 spiro atoms. The van der Waals surface area contributed by atoms with Gasteiger partial charge in [-0.15, -0.1) is 0 Å². The molecule has 0 saturated carbocycles. The highest BCUT2D eigenvalue weighted by Gasteiger charge is 2.05. The highest BCUT2D eigenvalue weighted by atomic mass is 35.5. The van der Waals surface area contributed by atoms with E-state index in [0.717, 1.165) is 12.1 Å². The zero-order valence-electron chi connectivity index (χ0n) is 8.18. The van der Waals surface area contributed by atoms with E-state index in [1.54, 1.807) is 18.2 Å². The number of nitrogen functional groups attached to an aromatic ring is 1. The fraction of sp³-hybridized carbons (Fsp3) is 0. The summed E-state index contributed by atoms with van der Waals surface area (Å²) in [5, 5.41) is 0.458. The van der Waals surface area contributed by atoms with Crippen LogP contribution in [0.5, 0.6) is 0 Å². The number of nitrogens with two attached hydrogens (primary N) is 1. The third-order valence-electron chi connectivity index (χ3n) is 2.17. The SMILES string of the molecule is Nc1cc(Cl)cc(-c2ccc(F)c(F)c2)c1. The van der Waals surface area contributed by atoms with Crippen LogP contribution in [0.25, 0.3) is 11.1 Å². The molecule has 0 radical (unpaired) electrons. The minimum Gasteiger partial charge on any atom is -0.399 e. The standard InChI is InChI=1S/C12H8ClF2N/c13-9-3-8(4-10(16)6-9)7-1-2-11(14)12(15)5-7/h1-6H,16H2. The van der Waals surface area contributed by atoms with Crippen LogP contribution in [0.15, 0.2) is 36.4 Å². The molecule has 16 heavy (non-hydrogen) atoms. The van der Waals surface area contributed by atoms with Crippen LogP contribution < -0.4 is 5.73 Å². The Morgan fingerprint density at radius 2 is 1.62 bits per heavy atom. The van der Waals surface area contributed by atoms with Crippen LogP contribution in [-0.2, 0) is 0 Å². The Labute approximate surface area is 96.5 Å². The first-order valence-corrected chi connectivity index (χ1v) is 4.95. The molecule has 2 N–H and O–H groups in total.